The van der Waals surface area contributed by atoms with Gasteiger partial charge in [-0.25, -0.2) is 0 Å². The summed E-state index contributed by atoms with van der Waals surface area (Å²) < 4.78 is 0. The zero-order valence-corrected chi connectivity index (χ0v) is 7.51. The molecule has 0 saturated heterocycles. The van der Waals surface area contributed by atoms with E-state index in [4.69, 9.17) is 5.73 Å². The molecular formula is C10H10N4. The molecule has 4 nitrogen and oxygen atoms in total. The van der Waals surface area contributed by atoms with Crippen molar-refractivity contribution in [1.82, 2.24) is 10.2 Å². The highest BCUT2D eigenvalue weighted by molar-refractivity contribution is 5.82. The van der Waals surface area contributed by atoms with Gasteiger partial charge in [-0.05, 0) is 30.5 Å². The van der Waals surface area contributed by atoms with Crippen molar-refractivity contribution in [3.8, 4) is 0 Å². The normalized spacial score (nSPS) is 12.0. The van der Waals surface area contributed by atoms with Gasteiger partial charge in [0.15, 0.2) is 0 Å². The second kappa shape index (κ2) is 3.74. The number of nitrogens with zero attached hydrogens (tertiary/aromatic N) is 2. The van der Waals surface area contributed by atoms with Crippen molar-refractivity contribution in [2.75, 3.05) is 0 Å². The third-order valence-electron chi connectivity index (χ3n) is 1.85. The van der Waals surface area contributed by atoms with Crippen LogP contribution in [0.1, 0.15) is 0 Å². The Kier molecular flexibility index (Phi) is 2.27. The average molecular weight is 186 g/mol. The maximum atomic E-state index is 5.18. The Morgan fingerprint density at radius 3 is 3.21 bits per heavy atom. The lowest BCUT2D eigenvalue weighted by molar-refractivity contribution is 1.12. The molecule has 0 aliphatic rings. The van der Waals surface area contributed by atoms with Crippen LogP contribution in [0.2, 0.25) is 0 Å². The van der Waals surface area contributed by atoms with Crippen LogP contribution in [0, 0.1) is 0 Å². The lowest BCUT2D eigenvalue weighted by atomic mass is 10.2. The number of nitrogens with one attached hydrogen (secondary N) is 1. The summed E-state index contributed by atoms with van der Waals surface area (Å²) in [6.07, 6.45) is 6.55. The standard InChI is InChI=1S/C10H10N4/c11-4-1-5-12-9-3-2-8-7-13-14-10(8)6-9/h1-7H,11H2,(H,13,14)/b4-1-,12-5?. The Hall–Kier alpha value is -2.10. The zero-order chi connectivity index (χ0) is 9.80. The van der Waals surface area contributed by atoms with Crippen molar-refractivity contribution in [1.29, 1.82) is 0 Å². The largest absolute Gasteiger partial charge is 0.405 e. The van der Waals surface area contributed by atoms with Gasteiger partial charge in [0.1, 0.15) is 0 Å². The van der Waals surface area contributed by atoms with Gasteiger partial charge >= 0.3 is 0 Å². The van der Waals surface area contributed by atoms with E-state index in [1.165, 1.54) is 6.20 Å². The number of hydrogen-bond donors (Lipinski definition) is 2. The molecule has 14 heavy (non-hydrogen) atoms. The minimum Gasteiger partial charge on any atom is -0.405 e. The molecule has 1 aromatic heterocycles. The summed E-state index contributed by atoms with van der Waals surface area (Å²) in [5, 5.41) is 7.89. The molecule has 0 spiro atoms. The van der Waals surface area contributed by atoms with Gasteiger partial charge in [-0.3, -0.25) is 10.1 Å². The lowest BCUT2D eigenvalue weighted by Gasteiger charge is -1.91. The number of nitrogens with two attached hydrogens (primary N) is 1. The number of benzene rings is 1. The van der Waals surface area contributed by atoms with Crippen LogP contribution in [0.25, 0.3) is 10.9 Å². The molecule has 70 valence electrons. The van der Waals surface area contributed by atoms with Crippen LogP contribution in [0.15, 0.2) is 41.7 Å². The molecule has 0 saturated carbocycles. The first-order chi connectivity index (χ1) is 6.90. The first kappa shape index (κ1) is 8.50. The van der Waals surface area contributed by atoms with Gasteiger partial charge < -0.3 is 5.73 Å². The van der Waals surface area contributed by atoms with Crippen LogP contribution in [-0.2, 0) is 0 Å². The predicted octanol–water partition coefficient (Wildman–Crippen LogP) is 1.74. The van der Waals surface area contributed by atoms with Crippen LogP contribution in [-0.4, -0.2) is 16.4 Å². The minimum atomic E-state index is 0.875. The number of aromatic nitrogens is 2. The fraction of sp³-hybridized carbons (Fsp3) is 0. The van der Waals surface area contributed by atoms with E-state index in [-0.39, 0.29) is 0 Å². The monoisotopic (exact) mass is 186 g/mol. The van der Waals surface area contributed by atoms with Gasteiger partial charge in [-0.2, -0.15) is 5.10 Å². The quantitative estimate of drug-likeness (QED) is 0.701. The van der Waals surface area contributed by atoms with Crippen LogP contribution in [0.5, 0.6) is 0 Å². The van der Waals surface area contributed by atoms with E-state index in [2.05, 4.69) is 15.2 Å². The third-order valence-corrected chi connectivity index (χ3v) is 1.85. The van der Waals surface area contributed by atoms with Crippen molar-refractivity contribution >= 4 is 22.8 Å². The Morgan fingerprint density at radius 1 is 1.43 bits per heavy atom. The third kappa shape index (κ3) is 1.64. The van der Waals surface area contributed by atoms with Gasteiger partial charge in [0, 0.05) is 11.6 Å². The lowest BCUT2D eigenvalue weighted by Crippen LogP contribution is -1.76. The number of H-pyrrole nitrogens is 1. The van der Waals surface area contributed by atoms with Crippen molar-refractivity contribution in [2.45, 2.75) is 0 Å². The molecule has 1 heterocycles. The highest BCUT2D eigenvalue weighted by Crippen LogP contribution is 2.18. The summed E-state index contributed by atoms with van der Waals surface area (Å²) in [5.74, 6) is 0. The van der Waals surface area contributed by atoms with Gasteiger partial charge in [0.05, 0.1) is 17.4 Å². The Labute approximate surface area is 81.2 Å². The van der Waals surface area contributed by atoms with Crippen molar-refractivity contribution in [3.63, 3.8) is 0 Å². The first-order valence-electron chi connectivity index (χ1n) is 4.24. The fourth-order valence-electron chi connectivity index (χ4n) is 1.18. The molecule has 0 amide bonds. The molecule has 0 atom stereocenters. The Balaban J connectivity index is 2.34. The Bertz CT molecular complexity index is 482. The summed E-state index contributed by atoms with van der Waals surface area (Å²) in [6.45, 7) is 0. The minimum absolute atomic E-state index is 0.875. The van der Waals surface area contributed by atoms with E-state index >= 15 is 0 Å². The number of allylic oxidation sites excluding steroid dienone is 1. The van der Waals surface area contributed by atoms with E-state index < -0.39 is 0 Å². The maximum Gasteiger partial charge on any atom is 0.0671 e. The number of aliphatic imine (C=N–C) groups is 1. The van der Waals surface area contributed by atoms with Crippen LogP contribution in [0.4, 0.5) is 5.69 Å². The molecule has 3 N–H and O–H groups in total. The highest BCUT2D eigenvalue weighted by atomic mass is 15.1. The molecule has 0 aliphatic heterocycles. The predicted molar refractivity (Wildman–Crippen MR) is 57.6 cm³/mol. The number of rotatable bonds is 2. The molecule has 0 aliphatic carbocycles. The highest BCUT2D eigenvalue weighted by Gasteiger charge is 1.94. The molecule has 4 heteroatoms. The fourth-order valence-corrected chi connectivity index (χ4v) is 1.18. The van der Waals surface area contributed by atoms with Crippen LogP contribution in [0.3, 0.4) is 0 Å². The van der Waals surface area contributed by atoms with Gasteiger partial charge in [-0.15, -0.1) is 0 Å². The molecule has 0 fully saturated rings. The topological polar surface area (TPSA) is 67.1 Å². The van der Waals surface area contributed by atoms with Gasteiger partial charge in [-0.1, -0.05) is 0 Å². The van der Waals surface area contributed by atoms with Gasteiger partial charge in [0.25, 0.3) is 0 Å². The molecule has 1 aromatic carbocycles. The Morgan fingerprint density at radius 2 is 2.36 bits per heavy atom. The second-order valence-electron chi connectivity index (χ2n) is 2.80. The van der Waals surface area contributed by atoms with Crippen molar-refractivity contribution in [3.05, 3.63) is 36.7 Å². The number of fused-ring (bicyclic) bond motifs is 1. The second-order valence-corrected chi connectivity index (χ2v) is 2.80. The van der Waals surface area contributed by atoms with E-state index in [0.29, 0.717) is 0 Å². The van der Waals surface area contributed by atoms with Crippen molar-refractivity contribution in [2.24, 2.45) is 10.7 Å². The molecule has 0 radical (unpaired) electrons. The SMILES string of the molecule is N/C=C\C=Nc1ccc2cn[nH]c2c1. The molecule has 2 aromatic rings. The molecular weight excluding hydrogens is 176 g/mol. The summed E-state index contributed by atoms with van der Waals surface area (Å²) in [5.41, 5.74) is 7.04. The summed E-state index contributed by atoms with van der Waals surface area (Å²) in [6, 6.07) is 5.83. The summed E-state index contributed by atoms with van der Waals surface area (Å²) >= 11 is 0. The molecule has 0 unspecified atom stereocenters. The first-order valence-corrected chi connectivity index (χ1v) is 4.24. The van der Waals surface area contributed by atoms with Gasteiger partial charge in [0.2, 0.25) is 0 Å². The van der Waals surface area contributed by atoms with E-state index in [1.54, 1.807) is 18.5 Å². The average Bonchev–Trinajstić information content (AvgIpc) is 2.65. The van der Waals surface area contributed by atoms with Crippen molar-refractivity contribution < 1.29 is 0 Å². The summed E-state index contributed by atoms with van der Waals surface area (Å²) in [7, 11) is 0. The number of aromatic amines is 1. The smallest absolute Gasteiger partial charge is 0.0671 e. The number of hydrogen-bond acceptors (Lipinski definition) is 3. The van der Waals surface area contributed by atoms with Crippen LogP contribution >= 0.6 is 0 Å². The van der Waals surface area contributed by atoms with E-state index in [9.17, 15) is 0 Å². The molecule has 2 rings (SSSR count). The van der Waals surface area contributed by atoms with E-state index in [0.717, 1.165) is 16.6 Å². The van der Waals surface area contributed by atoms with E-state index in [1.807, 2.05) is 18.2 Å². The maximum absolute atomic E-state index is 5.18. The molecule has 0 bridgehead atoms. The zero-order valence-electron chi connectivity index (χ0n) is 7.51. The summed E-state index contributed by atoms with van der Waals surface area (Å²) in [4.78, 5) is 4.19. The van der Waals surface area contributed by atoms with Crippen LogP contribution < -0.4 is 5.73 Å².